The van der Waals surface area contributed by atoms with Gasteiger partial charge >= 0.3 is 5.97 Å². The number of carbonyl (C=O) groups is 1. The lowest BCUT2D eigenvalue weighted by atomic mass is 10.9. The lowest BCUT2D eigenvalue weighted by Gasteiger charge is -2.23. The van der Waals surface area contributed by atoms with E-state index in [0.29, 0.717) is 0 Å². The molecule has 0 amide bonds. The summed E-state index contributed by atoms with van der Waals surface area (Å²) in [6, 6.07) is 0. The summed E-state index contributed by atoms with van der Waals surface area (Å²) in [6.45, 7) is 1.43. The first kappa shape index (κ1) is 7.82. The van der Waals surface area contributed by atoms with E-state index in [0.717, 1.165) is 0 Å². The van der Waals surface area contributed by atoms with Crippen molar-refractivity contribution < 1.29 is 8.98 Å². The first-order valence-corrected chi connectivity index (χ1v) is 5.08. The van der Waals surface area contributed by atoms with Crippen LogP contribution in [0.4, 0.5) is 0 Å². The molecule has 0 rings (SSSR count). The predicted molar refractivity (Wildman–Crippen MR) is 37.1 cm³/mol. The van der Waals surface area contributed by atoms with Crippen molar-refractivity contribution in [1.29, 1.82) is 0 Å². The molecule has 0 aromatic heterocycles. The zero-order chi connectivity index (χ0) is 6.78. The van der Waals surface area contributed by atoms with Crippen LogP contribution in [0.1, 0.15) is 6.92 Å². The Labute approximate surface area is 51.7 Å². The van der Waals surface area contributed by atoms with E-state index in [1.54, 1.807) is 0 Å². The maximum atomic E-state index is 10.3. The zero-order valence-electron chi connectivity index (χ0n) is 5.72. The van der Waals surface area contributed by atoms with Crippen molar-refractivity contribution in [2.75, 3.05) is 18.8 Å². The van der Waals surface area contributed by atoms with Crippen LogP contribution in [0.25, 0.3) is 0 Å². The fourth-order valence-corrected chi connectivity index (χ4v) is 1.06. The van der Waals surface area contributed by atoms with Gasteiger partial charge in [-0.3, -0.25) is 4.79 Å². The fourth-order valence-electron chi connectivity index (χ4n) is 0.352. The molecule has 0 aliphatic rings. The van der Waals surface area contributed by atoms with Gasteiger partial charge in [-0.1, -0.05) is 10.3 Å². The van der Waals surface area contributed by atoms with Gasteiger partial charge in [0.1, 0.15) is 0 Å². The number of hydrogen-bond donors (Lipinski definition) is 0. The average Bonchev–Trinajstić information content (AvgIpc) is 1.21. The maximum Gasteiger partial charge on any atom is 0.313 e. The molecule has 0 heterocycles. The van der Waals surface area contributed by atoms with E-state index in [1.807, 2.05) is 18.8 Å². The number of rotatable bonds is 1. The third kappa shape index (κ3) is 5.82. The van der Waals surface area contributed by atoms with Gasteiger partial charge in [0.05, 0.1) is 0 Å². The first-order chi connectivity index (χ1) is 3.42. The summed E-state index contributed by atoms with van der Waals surface area (Å²) in [6.07, 6.45) is 5.78. The van der Waals surface area contributed by atoms with Crippen molar-refractivity contribution in [2.24, 2.45) is 0 Å². The smallest absolute Gasteiger partial charge is 0.313 e. The summed E-state index contributed by atoms with van der Waals surface area (Å²) in [5.41, 5.74) is 0. The van der Waals surface area contributed by atoms with Gasteiger partial charge < -0.3 is 4.18 Å². The minimum absolute atomic E-state index is 0.187. The normalized spacial score (nSPS) is 13.0. The Bertz CT molecular complexity index is 93.1. The molecule has 0 aromatic carbocycles. The molecule has 0 saturated carbocycles. The highest BCUT2D eigenvalue weighted by molar-refractivity contribution is 8.28. The van der Waals surface area contributed by atoms with Crippen molar-refractivity contribution in [2.45, 2.75) is 6.92 Å². The minimum Gasteiger partial charge on any atom is -0.416 e. The van der Waals surface area contributed by atoms with Crippen LogP contribution in [0.3, 0.4) is 0 Å². The van der Waals surface area contributed by atoms with Crippen molar-refractivity contribution in [3.63, 3.8) is 0 Å². The molecule has 50 valence electrons. The van der Waals surface area contributed by atoms with E-state index in [1.165, 1.54) is 6.92 Å². The lowest BCUT2D eigenvalue weighted by Crippen LogP contribution is -2.02. The molecule has 3 heteroatoms. The Kier molecular flexibility index (Phi) is 2.34. The van der Waals surface area contributed by atoms with Crippen LogP contribution >= 0.6 is 10.3 Å². The highest BCUT2D eigenvalue weighted by Crippen LogP contribution is 2.35. The number of hydrogen-bond acceptors (Lipinski definition) is 2. The molecule has 0 spiro atoms. The maximum absolute atomic E-state index is 10.3. The molecule has 0 radical (unpaired) electrons. The standard InChI is InChI=1S/C5H12O2S/c1-5(6)7-8(2,3)4/h1-4H3. The molecule has 0 N–H and O–H groups in total. The second kappa shape index (κ2) is 2.40. The molecule has 0 fully saturated rings. The highest BCUT2D eigenvalue weighted by Gasteiger charge is 2.05. The summed E-state index contributed by atoms with van der Waals surface area (Å²) in [5, 5.41) is 0. The largest absolute Gasteiger partial charge is 0.416 e. The van der Waals surface area contributed by atoms with Crippen LogP contribution in [-0.4, -0.2) is 24.7 Å². The van der Waals surface area contributed by atoms with Crippen molar-refractivity contribution in [1.82, 2.24) is 0 Å². The van der Waals surface area contributed by atoms with Crippen molar-refractivity contribution >= 4 is 16.3 Å². The summed E-state index contributed by atoms with van der Waals surface area (Å²) in [5.74, 6) is -0.187. The van der Waals surface area contributed by atoms with Crippen molar-refractivity contribution in [3.8, 4) is 0 Å². The average molecular weight is 136 g/mol. The first-order valence-electron chi connectivity index (χ1n) is 2.30. The molecule has 0 bridgehead atoms. The molecular formula is C5H12O2S. The van der Waals surface area contributed by atoms with Crippen LogP contribution in [-0.2, 0) is 8.98 Å². The third-order valence-corrected chi connectivity index (χ3v) is 1.10. The summed E-state index contributed by atoms with van der Waals surface area (Å²) < 4.78 is 4.88. The minimum atomic E-state index is -1.07. The van der Waals surface area contributed by atoms with E-state index >= 15 is 0 Å². The molecule has 0 aromatic rings. The Morgan fingerprint density at radius 2 is 1.75 bits per heavy atom. The van der Waals surface area contributed by atoms with Crippen LogP contribution in [0, 0.1) is 0 Å². The summed E-state index contributed by atoms with van der Waals surface area (Å²) in [7, 11) is -1.07. The van der Waals surface area contributed by atoms with Gasteiger partial charge in [0.15, 0.2) is 0 Å². The summed E-state index contributed by atoms with van der Waals surface area (Å²) >= 11 is 0. The molecule has 0 atom stereocenters. The summed E-state index contributed by atoms with van der Waals surface area (Å²) in [4.78, 5) is 10.3. The van der Waals surface area contributed by atoms with Gasteiger partial charge in [-0.05, 0) is 18.8 Å². The van der Waals surface area contributed by atoms with E-state index in [-0.39, 0.29) is 5.97 Å². The van der Waals surface area contributed by atoms with Gasteiger partial charge in [-0.2, -0.15) is 0 Å². The molecule has 0 saturated heterocycles. The highest BCUT2D eigenvalue weighted by atomic mass is 32.3. The number of carbonyl (C=O) groups excluding carboxylic acids is 1. The topological polar surface area (TPSA) is 26.3 Å². The van der Waals surface area contributed by atoms with Gasteiger partial charge in [0, 0.05) is 6.92 Å². The quantitative estimate of drug-likeness (QED) is 0.540. The van der Waals surface area contributed by atoms with Gasteiger partial charge in [-0.15, -0.1) is 0 Å². The molecule has 0 unspecified atom stereocenters. The lowest BCUT2D eigenvalue weighted by molar-refractivity contribution is -0.130. The van der Waals surface area contributed by atoms with Gasteiger partial charge in [0.2, 0.25) is 0 Å². The molecule has 0 aliphatic carbocycles. The van der Waals surface area contributed by atoms with Crippen LogP contribution < -0.4 is 0 Å². The van der Waals surface area contributed by atoms with Crippen LogP contribution in [0.15, 0.2) is 0 Å². The van der Waals surface area contributed by atoms with Gasteiger partial charge in [-0.25, -0.2) is 0 Å². The fraction of sp³-hybridized carbons (Fsp3) is 0.800. The second-order valence-corrected chi connectivity index (χ2v) is 5.92. The molecular weight excluding hydrogens is 124 g/mol. The molecule has 8 heavy (non-hydrogen) atoms. The third-order valence-electron chi connectivity index (χ3n) is 0.367. The Morgan fingerprint density at radius 3 is 1.75 bits per heavy atom. The van der Waals surface area contributed by atoms with E-state index in [9.17, 15) is 4.79 Å². The molecule has 0 aliphatic heterocycles. The van der Waals surface area contributed by atoms with Gasteiger partial charge in [0.25, 0.3) is 0 Å². The predicted octanol–water partition coefficient (Wildman–Crippen LogP) is 1.16. The zero-order valence-corrected chi connectivity index (χ0v) is 6.54. The monoisotopic (exact) mass is 136 g/mol. The van der Waals surface area contributed by atoms with Crippen LogP contribution in [0.2, 0.25) is 0 Å². The van der Waals surface area contributed by atoms with E-state index < -0.39 is 10.3 Å². The Hall–Kier alpha value is -0.180. The van der Waals surface area contributed by atoms with Crippen LogP contribution in [0.5, 0.6) is 0 Å². The van der Waals surface area contributed by atoms with E-state index in [2.05, 4.69) is 0 Å². The molecule has 2 nitrogen and oxygen atoms in total. The Morgan fingerprint density at radius 1 is 1.38 bits per heavy atom. The van der Waals surface area contributed by atoms with E-state index in [4.69, 9.17) is 4.18 Å². The Balaban J connectivity index is 3.55. The SMILES string of the molecule is CC(=O)OS(C)(C)C. The second-order valence-electron chi connectivity index (χ2n) is 2.30. The van der Waals surface area contributed by atoms with Crippen molar-refractivity contribution in [3.05, 3.63) is 0 Å².